The Hall–Kier alpha value is -0.700. The quantitative estimate of drug-likeness (QED) is 0.601. The standard InChI is InChI=1S/C7H7NOS/c9-5-7(1-2-7)6-8-3-4-10-6/h3-5H,1-2H2. The summed E-state index contributed by atoms with van der Waals surface area (Å²) in [4.78, 5) is 14.7. The molecule has 2 rings (SSSR count). The zero-order valence-electron chi connectivity index (χ0n) is 5.41. The van der Waals surface area contributed by atoms with Crippen LogP contribution < -0.4 is 0 Å². The maximum absolute atomic E-state index is 10.6. The molecule has 0 radical (unpaired) electrons. The van der Waals surface area contributed by atoms with E-state index >= 15 is 0 Å². The van der Waals surface area contributed by atoms with Crippen LogP contribution in [0.1, 0.15) is 17.8 Å². The van der Waals surface area contributed by atoms with E-state index in [9.17, 15) is 4.79 Å². The Morgan fingerprint density at radius 1 is 1.70 bits per heavy atom. The van der Waals surface area contributed by atoms with Crippen molar-refractivity contribution >= 4 is 17.6 Å². The second kappa shape index (κ2) is 1.89. The van der Waals surface area contributed by atoms with Gasteiger partial charge >= 0.3 is 0 Å². The summed E-state index contributed by atoms with van der Waals surface area (Å²) in [5.41, 5.74) is -0.159. The molecule has 0 bridgehead atoms. The fourth-order valence-corrected chi connectivity index (χ4v) is 1.85. The molecule has 52 valence electrons. The van der Waals surface area contributed by atoms with Crippen LogP contribution in [0.2, 0.25) is 0 Å². The Balaban J connectivity index is 2.35. The van der Waals surface area contributed by atoms with Crippen LogP contribution in [-0.2, 0) is 10.2 Å². The molecule has 0 saturated heterocycles. The van der Waals surface area contributed by atoms with E-state index in [1.165, 1.54) is 0 Å². The van der Waals surface area contributed by atoms with Crippen LogP contribution in [0.15, 0.2) is 11.6 Å². The summed E-state index contributed by atoms with van der Waals surface area (Å²) >= 11 is 1.57. The number of nitrogens with zero attached hydrogens (tertiary/aromatic N) is 1. The van der Waals surface area contributed by atoms with E-state index in [4.69, 9.17) is 0 Å². The SMILES string of the molecule is O=CC1(c2nccs2)CC1. The van der Waals surface area contributed by atoms with Gasteiger partial charge in [-0.15, -0.1) is 11.3 Å². The molecule has 0 unspecified atom stereocenters. The topological polar surface area (TPSA) is 30.0 Å². The molecular weight excluding hydrogens is 146 g/mol. The van der Waals surface area contributed by atoms with Gasteiger partial charge in [-0.25, -0.2) is 4.98 Å². The number of thiazole rings is 1. The normalized spacial score (nSPS) is 20.4. The fourth-order valence-electron chi connectivity index (χ4n) is 0.986. The van der Waals surface area contributed by atoms with Crippen molar-refractivity contribution in [3.63, 3.8) is 0 Å². The lowest BCUT2D eigenvalue weighted by molar-refractivity contribution is -0.109. The van der Waals surface area contributed by atoms with Crippen molar-refractivity contribution in [1.82, 2.24) is 4.98 Å². The van der Waals surface area contributed by atoms with Gasteiger partial charge in [-0.2, -0.15) is 0 Å². The maximum atomic E-state index is 10.6. The monoisotopic (exact) mass is 153 g/mol. The van der Waals surface area contributed by atoms with Gasteiger partial charge in [0.05, 0.1) is 5.41 Å². The van der Waals surface area contributed by atoms with Crippen LogP contribution in [0, 0.1) is 0 Å². The van der Waals surface area contributed by atoms with Gasteiger partial charge in [0.1, 0.15) is 11.3 Å². The van der Waals surface area contributed by atoms with Gasteiger partial charge in [0.2, 0.25) is 0 Å². The first-order valence-electron chi connectivity index (χ1n) is 3.24. The van der Waals surface area contributed by atoms with E-state index in [0.29, 0.717) is 0 Å². The van der Waals surface area contributed by atoms with E-state index in [0.717, 1.165) is 24.1 Å². The van der Waals surface area contributed by atoms with E-state index < -0.39 is 0 Å². The van der Waals surface area contributed by atoms with Crippen LogP contribution >= 0.6 is 11.3 Å². The highest BCUT2D eigenvalue weighted by atomic mass is 32.1. The lowest BCUT2D eigenvalue weighted by Gasteiger charge is -1.97. The van der Waals surface area contributed by atoms with Crippen molar-refractivity contribution in [3.8, 4) is 0 Å². The Kier molecular flexibility index (Phi) is 1.14. The fraction of sp³-hybridized carbons (Fsp3) is 0.429. The third-order valence-electron chi connectivity index (χ3n) is 1.87. The molecule has 1 aromatic rings. The van der Waals surface area contributed by atoms with Gasteiger partial charge in [-0.3, -0.25) is 0 Å². The van der Waals surface area contributed by atoms with Gasteiger partial charge in [0, 0.05) is 11.6 Å². The molecule has 1 heterocycles. The van der Waals surface area contributed by atoms with E-state index in [-0.39, 0.29) is 5.41 Å². The van der Waals surface area contributed by atoms with Crippen LogP contribution in [0.5, 0.6) is 0 Å². The number of carbonyl (C=O) groups is 1. The zero-order valence-corrected chi connectivity index (χ0v) is 6.23. The summed E-state index contributed by atoms with van der Waals surface area (Å²) < 4.78 is 0. The van der Waals surface area contributed by atoms with Gasteiger partial charge in [0.25, 0.3) is 0 Å². The predicted octanol–water partition coefficient (Wildman–Crippen LogP) is 1.37. The minimum atomic E-state index is -0.159. The smallest absolute Gasteiger partial charge is 0.132 e. The van der Waals surface area contributed by atoms with E-state index in [1.54, 1.807) is 17.5 Å². The van der Waals surface area contributed by atoms with Crippen LogP contribution in [0.4, 0.5) is 0 Å². The molecule has 2 nitrogen and oxygen atoms in total. The third-order valence-corrected chi connectivity index (χ3v) is 2.87. The summed E-state index contributed by atoms with van der Waals surface area (Å²) in [5.74, 6) is 0. The molecule has 0 spiro atoms. The molecular formula is C7H7NOS. The van der Waals surface area contributed by atoms with Gasteiger partial charge in [-0.05, 0) is 12.8 Å². The first-order chi connectivity index (χ1) is 4.87. The summed E-state index contributed by atoms with van der Waals surface area (Å²) in [6.07, 6.45) is 4.77. The van der Waals surface area contributed by atoms with Crippen LogP contribution in [0.25, 0.3) is 0 Å². The second-order valence-electron chi connectivity index (χ2n) is 2.61. The number of hydrogen-bond acceptors (Lipinski definition) is 3. The molecule has 3 heteroatoms. The molecule has 0 N–H and O–H groups in total. The van der Waals surface area contributed by atoms with Crippen molar-refractivity contribution < 1.29 is 4.79 Å². The maximum Gasteiger partial charge on any atom is 0.132 e. The minimum absolute atomic E-state index is 0.159. The molecule has 10 heavy (non-hydrogen) atoms. The largest absolute Gasteiger partial charge is 0.302 e. The molecule has 0 aliphatic heterocycles. The molecule has 0 aromatic carbocycles. The minimum Gasteiger partial charge on any atom is -0.302 e. The average Bonchev–Trinajstić information content (AvgIpc) is 2.58. The van der Waals surface area contributed by atoms with Crippen molar-refractivity contribution in [2.24, 2.45) is 0 Å². The summed E-state index contributed by atoms with van der Waals surface area (Å²) in [6, 6.07) is 0. The van der Waals surface area contributed by atoms with E-state index in [1.807, 2.05) is 5.38 Å². The van der Waals surface area contributed by atoms with Crippen molar-refractivity contribution in [1.29, 1.82) is 0 Å². The van der Waals surface area contributed by atoms with E-state index in [2.05, 4.69) is 4.98 Å². The van der Waals surface area contributed by atoms with Crippen LogP contribution in [-0.4, -0.2) is 11.3 Å². The van der Waals surface area contributed by atoms with Gasteiger partial charge in [-0.1, -0.05) is 0 Å². The number of aromatic nitrogens is 1. The highest BCUT2D eigenvalue weighted by Gasteiger charge is 2.46. The molecule has 1 aliphatic rings. The highest BCUT2D eigenvalue weighted by Crippen LogP contribution is 2.46. The lowest BCUT2D eigenvalue weighted by Crippen LogP contribution is -2.06. The average molecular weight is 153 g/mol. The molecule has 1 aliphatic carbocycles. The first kappa shape index (κ1) is 6.04. The third kappa shape index (κ3) is 0.703. The van der Waals surface area contributed by atoms with Gasteiger partial charge in [0.15, 0.2) is 0 Å². The number of aldehydes is 1. The number of hydrogen-bond donors (Lipinski definition) is 0. The summed E-state index contributed by atoms with van der Waals surface area (Å²) in [5, 5.41) is 2.90. The zero-order chi connectivity index (χ0) is 7.03. The van der Waals surface area contributed by atoms with Crippen molar-refractivity contribution in [2.45, 2.75) is 18.3 Å². The van der Waals surface area contributed by atoms with Gasteiger partial charge < -0.3 is 4.79 Å². The van der Waals surface area contributed by atoms with Crippen molar-refractivity contribution in [3.05, 3.63) is 16.6 Å². The molecule has 1 fully saturated rings. The summed E-state index contributed by atoms with van der Waals surface area (Å²) in [7, 11) is 0. The number of rotatable bonds is 2. The molecule has 1 aromatic heterocycles. The Labute approximate surface area is 62.9 Å². The molecule has 0 amide bonds. The molecule has 1 saturated carbocycles. The summed E-state index contributed by atoms with van der Waals surface area (Å²) in [6.45, 7) is 0. The number of carbonyl (C=O) groups excluding carboxylic acids is 1. The lowest BCUT2D eigenvalue weighted by atomic mass is 10.1. The Morgan fingerprint density at radius 3 is 2.90 bits per heavy atom. The second-order valence-corrected chi connectivity index (χ2v) is 3.51. The van der Waals surface area contributed by atoms with Crippen molar-refractivity contribution in [2.75, 3.05) is 0 Å². The Morgan fingerprint density at radius 2 is 2.50 bits per heavy atom. The van der Waals surface area contributed by atoms with Crippen LogP contribution in [0.3, 0.4) is 0 Å². The first-order valence-corrected chi connectivity index (χ1v) is 4.12. The predicted molar refractivity (Wildman–Crippen MR) is 39.1 cm³/mol. The highest BCUT2D eigenvalue weighted by molar-refractivity contribution is 7.09. The molecule has 0 atom stereocenters. The Bertz CT molecular complexity index is 238.